The predicted octanol–water partition coefficient (Wildman–Crippen LogP) is 3.81. The minimum atomic E-state index is 0.322. The fourth-order valence-corrected chi connectivity index (χ4v) is 1.21. The average Bonchev–Trinajstić information content (AvgIpc) is 2.33. The molecular weight excluding hydrogens is 196 g/mol. The molecule has 1 N–H and O–H groups in total. The number of phenolic OH excluding ortho intramolecular Hbond substituents is 1. The summed E-state index contributed by atoms with van der Waals surface area (Å²) in [6.07, 6.45) is 2.89. The molecule has 16 heavy (non-hydrogen) atoms. The molecule has 1 nitrogen and oxygen atoms in total. The zero-order chi connectivity index (χ0) is 11.6. The lowest BCUT2D eigenvalue weighted by Gasteiger charge is -1.91. The molecule has 0 heterocycles. The monoisotopic (exact) mass is 212 g/mol. The summed E-state index contributed by atoms with van der Waals surface area (Å²) in [6.45, 7) is 3.66. The molecule has 2 aromatic rings. The first-order valence-corrected chi connectivity index (χ1v) is 5.22. The van der Waals surface area contributed by atoms with Crippen LogP contribution in [-0.4, -0.2) is 5.11 Å². The third-order valence-corrected chi connectivity index (χ3v) is 1.98. The second-order valence-corrected chi connectivity index (χ2v) is 3.31. The second kappa shape index (κ2) is 7.30. The van der Waals surface area contributed by atoms with Crippen molar-refractivity contribution in [2.24, 2.45) is 0 Å². The van der Waals surface area contributed by atoms with Gasteiger partial charge in [0, 0.05) is 0 Å². The van der Waals surface area contributed by atoms with Crippen LogP contribution >= 0.6 is 0 Å². The van der Waals surface area contributed by atoms with E-state index in [0.29, 0.717) is 5.75 Å². The van der Waals surface area contributed by atoms with Gasteiger partial charge in [0.2, 0.25) is 0 Å². The zero-order valence-electron chi connectivity index (χ0n) is 9.21. The van der Waals surface area contributed by atoms with E-state index in [4.69, 9.17) is 5.11 Å². The van der Waals surface area contributed by atoms with Gasteiger partial charge in [0.1, 0.15) is 5.75 Å². The van der Waals surface area contributed by atoms with Gasteiger partial charge in [-0.3, -0.25) is 0 Å². The first-order valence-electron chi connectivity index (χ1n) is 5.22. The fraction of sp³-hybridized carbons (Fsp3) is 0.0667. The minimum Gasteiger partial charge on any atom is -0.508 e. The number of aromatic hydroxyl groups is 1. The standard InChI is InChI=1S/C9H10.C6H6O/c1-2-6-9-7-4-3-5-8-9;7-6-4-2-1-3-5-6/h2-5,7-8H,1,6H2;1-5,7H. The van der Waals surface area contributed by atoms with Crippen LogP contribution in [0.2, 0.25) is 0 Å². The Bertz CT molecular complexity index is 392. The average molecular weight is 212 g/mol. The van der Waals surface area contributed by atoms with E-state index in [0.717, 1.165) is 6.42 Å². The molecule has 0 saturated carbocycles. The summed E-state index contributed by atoms with van der Waals surface area (Å²) >= 11 is 0. The molecule has 0 atom stereocenters. The van der Waals surface area contributed by atoms with Gasteiger partial charge in [-0.05, 0) is 24.1 Å². The number of allylic oxidation sites excluding steroid dienone is 1. The molecule has 0 aliphatic carbocycles. The van der Waals surface area contributed by atoms with E-state index in [-0.39, 0.29) is 0 Å². The number of phenols is 1. The van der Waals surface area contributed by atoms with Crippen LogP contribution in [0.1, 0.15) is 5.56 Å². The SMILES string of the molecule is C=CCc1ccccc1.Oc1ccccc1. The summed E-state index contributed by atoms with van der Waals surface area (Å²) in [4.78, 5) is 0. The number of hydrogen-bond donors (Lipinski definition) is 1. The lowest BCUT2D eigenvalue weighted by molar-refractivity contribution is 0.475. The van der Waals surface area contributed by atoms with Gasteiger partial charge in [-0.2, -0.15) is 0 Å². The highest BCUT2D eigenvalue weighted by atomic mass is 16.3. The molecule has 0 unspecified atom stereocenters. The van der Waals surface area contributed by atoms with Crippen LogP contribution in [0.4, 0.5) is 0 Å². The second-order valence-electron chi connectivity index (χ2n) is 3.31. The van der Waals surface area contributed by atoms with E-state index in [1.807, 2.05) is 30.3 Å². The molecule has 2 rings (SSSR count). The Balaban J connectivity index is 0.000000165. The fourth-order valence-electron chi connectivity index (χ4n) is 1.21. The number of hydrogen-bond acceptors (Lipinski definition) is 1. The van der Waals surface area contributed by atoms with Crippen LogP contribution in [0.5, 0.6) is 5.75 Å². The number of para-hydroxylation sites is 1. The van der Waals surface area contributed by atoms with Gasteiger partial charge in [0.05, 0.1) is 0 Å². The van der Waals surface area contributed by atoms with Crippen LogP contribution in [0.3, 0.4) is 0 Å². The van der Waals surface area contributed by atoms with Crippen molar-refractivity contribution in [2.75, 3.05) is 0 Å². The summed E-state index contributed by atoms with van der Waals surface area (Å²) in [5, 5.41) is 8.63. The third-order valence-electron chi connectivity index (χ3n) is 1.98. The highest BCUT2D eigenvalue weighted by molar-refractivity contribution is 5.18. The van der Waals surface area contributed by atoms with Crippen molar-refractivity contribution < 1.29 is 5.11 Å². The topological polar surface area (TPSA) is 20.2 Å². The van der Waals surface area contributed by atoms with Crippen LogP contribution in [0, 0.1) is 0 Å². The van der Waals surface area contributed by atoms with Gasteiger partial charge < -0.3 is 5.11 Å². The first kappa shape index (κ1) is 12.1. The summed E-state index contributed by atoms with van der Waals surface area (Å²) in [6, 6.07) is 19.0. The Kier molecular flexibility index (Phi) is 5.49. The smallest absolute Gasteiger partial charge is 0.115 e. The van der Waals surface area contributed by atoms with E-state index >= 15 is 0 Å². The van der Waals surface area contributed by atoms with Crippen molar-refractivity contribution in [3.05, 3.63) is 78.9 Å². The van der Waals surface area contributed by atoms with Crippen LogP contribution < -0.4 is 0 Å². The zero-order valence-corrected chi connectivity index (χ0v) is 9.21. The van der Waals surface area contributed by atoms with Crippen molar-refractivity contribution in [3.8, 4) is 5.75 Å². The molecule has 0 bridgehead atoms. The molecule has 2 aromatic carbocycles. The van der Waals surface area contributed by atoms with Crippen LogP contribution in [0.15, 0.2) is 73.3 Å². The van der Waals surface area contributed by atoms with Gasteiger partial charge in [0.25, 0.3) is 0 Å². The lowest BCUT2D eigenvalue weighted by atomic mass is 10.2. The van der Waals surface area contributed by atoms with Gasteiger partial charge >= 0.3 is 0 Å². The summed E-state index contributed by atoms with van der Waals surface area (Å²) in [7, 11) is 0. The van der Waals surface area contributed by atoms with E-state index in [9.17, 15) is 0 Å². The Hall–Kier alpha value is -2.02. The molecular formula is C15H16O. The molecule has 0 aromatic heterocycles. The van der Waals surface area contributed by atoms with Gasteiger partial charge in [0.15, 0.2) is 0 Å². The van der Waals surface area contributed by atoms with Gasteiger partial charge in [-0.1, -0.05) is 54.6 Å². The summed E-state index contributed by atoms with van der Waals surface area (Å²) in [5.74, 6) is 0.322. The molecule has 0 fully saturated rings. The third kappa shape index (κ3) is 5.01. The Morgan fingerprint density at radius 2 is 1.38 bits per heavy atom. The van der Waals surface area contributed by atoms with E-state index in [1.54, 1.807) is 24.3 Å². The molecule has 0 aliphatic heterocycles. The summed E-state index contributed by atoms with van der Waals surface area (Å²) < 4.78 is 0. The van der Waals surface area contributed by atoms with Crippen molar-refractivity contribution in [1.29, 1.82) is 0 Å². The largest absolute Gasteiger partial charge is 0.508 e. The van der Waals surface area contributed by atoms with Gasteiger partial charge in [-0.25, -0.2) is 0 Å². The normalized spacial score (nSPS) is 8.75. The van der Waals surface area contributed by atoms with Crippen LogP contribution in [0.25, 0.3) is 0 Å². The number of benzene rings is 2. The van der Waals surface area contributed by atoms with Crippen LogP contribution in [-0.2, 0) is 6.42 Å². The van der Waals surface area contributed by atoms with Crippen molar-refractivity contribution in [3.63, 3.8) is 0 Å². The van der Waals surface area contributed by atoms with E-state index < -0.39 is 0 Å². The Labute approximate surface area is 96.7 Å². The quantitative estimate of drug-likeness (QED) is 0.750. The number of rotatable bonds is 2. The lowest BCUT2D eigenvalue weighted by Crippen LogP contribution is -1.75. The maximum Gasteiger partial charge on any atom is 0.115 e. The summed E-state index contributed by atoms with van der Waals surface area (Å²) in [5.41, 5.74) is 1.33. The Morgan fingerprint density at radius 1 is 0.875 bits per heavy atom. The van der Waals surface area contributed by atoms with Crippen molar-refractivity contribution in [1.82, 2.24) is 0 Å². The maximum absolute atomic E-state index is 8.63. The highest BCUT2D eigenvalue weighted by Crippen LogP contribution is 2.02. The molecule has 0 saturated heterocycles. The first-order chi connectivity index (χ1) is 7.83. The predicted molar refractivity (Wildman–Crippen MR) is 68.4 cm³/mol. The van der Waals surface area contributed by atoms with E-state index in [2.05, 4.69) is 18.7 Å². The minimum absolute atomic E-state index is 0.322. The molecule has 0 aliphatic rings. The van der Waals surface area contributed by atoms with Gasteiger partial charge in [-0.15, -0.1) is 6.58 Å². The molecule has 0 amide bonds. The van der Waals surface area contributed by atoms with E-state index in [1.165, 1.54) is 5.56 Å². The van der Waals surface area contributed by atoms with Crippen molar-refractivity contribution >= 4 is 0 Å². The molecule has 0 spiro atoms. The molecule has 0 radical (unpaired) electrons. The Morgan fingerprint density at radius 3 is 1.75 bits per heavy atom. The molecule has 82 valence electrons. The molecule has 1 heteroatoms. The maximum atomic E-state index is 8.63. The van der Waals surface area contributed by atoms with Crippen molar-refractivity contribution in [2.45, 2.75) is 6.42 Å². The highest BCUT2D eigenvalue weighted by Gasteiger charge is 1.82.